The highest BCUT2D eigenvalue weighted by atomic mass is 32.1. The van der Waals surface area contributed by atoms with Gasteiger partial charge in [0.1, 0.15) is 18.1 Å². The van der Waals surface area contributed by atoms with Gasteiger partial charge in [-0.3, -0.25) is 19.2 Å². The molecule has 5 atom stereocenters. The first-order valence-electron chi connectivity index (χ1n) is 9.31. The van der Waals surface area contributed by atoms with Crippen molar-refractivity contribution in [3.05, 3.63) is 0 Å². The molecule has 172 valence electrons. The molecule has 0 saturated heterocycles. The van der Waals surface area contributed by atoms with Gasteiger partial charge in [-0.2, -0.15) is 12.6 Å². The minimum atomic E-state index is -1.46. The van der Waals surface area contributed by atoms with E-state index in [9.17, 15) is 34.2 Å². The highest BCUT2D eigenvalue weighted by Gasteiger charge is 2.31. The van der Waals surface area contributed by atoms with Crippen LogP contribution < -0.4 is 21.7 Å². The minimum Gasteiger partial charge on any atom is -0.481 e. The molecule has 13 heteroatoms. The van der Waals surface area contributed by atoms with Crippen LogP contribution in [0.1, 0.15) is 33.1 Å². The second-order valence-electron chi connectivity index (χ2n) is 6.74. The summed E-state index contributed by atoms with van der Waals surface area (Å²) in [5.41, 5.74) is 5.58. The number of aliphatic hydroxyl groups excluding tert-OH is 1. The number of aliphatic hydroxyl groups is 1. The lowest BCUT2D eigenvalue weighted by molar-refractivity contribution is -0.144. The molecule has 8 N–H and O–H groups in total. The lowest BCUT2D eigenvalue weighted by atomic mass is 9.99. The van der Waals surface area contributed by atoms with Crippen LogP contribution in [0.5, 0.6) is 0 Å². The fourth-order valence-electron chi connectivity index (χ4n) is 2.29. The number of carboxylic acids is 2. The Bertz CT molecular complexity index is 633. The smallest absolute Gasteiger partial charge is 0.326 e. The van der Waals surface area contributed by atoms with Gasteiger partial charge in [0, 0.05) is 12.2 Å². The van der Waals surface area contributed by atoms with Gasteiger partial charge in [0.25, 0.3) is 0 Å². The number of hydrogen-bond donors (Lipinski definition) is 8. The van der Waals surface area contributed by atoms with Gasteiger partial charge >= 0.3 is 11.9 Å². The van der Waals surface area contributed by atoms with E-state index in [1.54, 1.807) is 13.8 Å². The number of carboxylic acid groups (broad SMARTS) is 2. The molecule has 0 rings (SSSR count). The van der Waals surface area contributed by atoms with Crippen molar-refractivity contribution >= 4 is 42.3 Å². The molecule has 0 aromatic heterocycles. The van der Waals surface area contributed by atoms with E-state index in [0.717, 1.165) is 0 Å². The molecule has 0 aliphatic heterocycles. The van der Waals surface area contributed by atoms with Crippen molar-refractivity contribution in [3.63, 3.8) is 0 Å². The molecule has 0 radical (unpaired) electrons. The van der Waals surface area contributed by atoms with E-state index in [0.29, 0.717) is 6.42 Å². The van der Waals surface area contributed by atoms with Crippen LogP contribution in [-0.2, 0) is 24.0 Å². The van der Waals surface area contributed by atoms with E-state index in [1.165, 1.54) is 0 Å². The van der Waals surface area contributed by atoms with E-state index in [1.807, 2.05) is 0 Å². The summed E-state index contributed by atoms with van der Waals surface area (Å²) in [5.74, 6) is -5.48. The van der Waals surface area contributed by atoms with Crippen LogP contribution in [0.4, 0.5) is 0 Å². The maximum atomic E-state index is 12.4. The number of hydrogen-bond acceptors (Lipinski definition) is 8. The summed E-state index contributed by atoms with van der Waals surface area (Å²) in [5, 5.41) is 34.1. The average Bonchev–Trinajstić information content (AvgIpc) is 2.70. The maximum absolute atomic E-state index is 12.4. The molecular weight excluding hydrogens is 420 g/mol. The largest absolute Gasteiger partial charge is 0.481 e. The Hall–Kier alpha value is -2.38. The van der Waals surface area contributed by atoms with Crippen molar-refractivity contribution in [2.24, 2.45) is 11.7 Å². The SMILES string of the molecule is CCC(C)C(NC(=O)C(CO)NC(=O)C(CS)NC(=O)C(N)CCC(=O)O)C(=O)O. The summed E-state index contributed by atoms with van der Waals surface area (Å²) in [6.07, 6.45) is -0.000757. The molecular formula is C17H30N4O8S. The van der Waals surface area contributed by atoms with Gasteiger partial charge in [0.15, 0.2) is 0 Å². The zero-order chi connectivity index (χ0) is 23.4. The molecule has 0 fully saturated rings. The molecule has 0 aliphatic carbocycles. The Labute approximate surface area is 179 Å². The third-order valence-electron chi connectivity index (χ3n) is 4.41. The summed E-state index contributed by atoms with van der Waals surface area (Å²) < 4.78 is 0. The predicted molar refractivity (Wildman–Crippen MR) is 109 cm³/mol. The monoisotopic (exact) mass is 450 g/mol. The van der Waals surface area contributed by atoms with E-state index >= 15 is 0 Å². The molecule has 3 amide bonds. The molecule has 0 spiro atoms. The standard InChI is InChI=1S/C17H30N4O8S/c1-3-8(2)13(17(28)29)21-15(26)10(6-22)19-16(27)11(7-30)20-14(25)9(18)4-5-12(23)24/h8-11,13,22,30H,3-7,18H2,1-2H3,(H,19,27)(H,20,25)(H,21,26)(H,23,24)(H,28,29). The third kappa shape index (κ3) is 9.41. The molecule has 0 heterocycles. The van der Waals surface area contributed by atoms with Crippen LogP contribution in [0.25, 0.3) is 0 Å². The number of amides is 3. The summed E-state index contributed by atoms with van der Waals surface area (Å²) in [4.78, 5) is 58.6. The van der Waals surface area contributed by atoms with Crippen molar-refractivity contribution in [2.45, 2.75) is 57.3 Å². The molecule has 0 saturated carbocycles. The first kappa shape index (κ1) is 27.6. The molecule has 12 nitrogen and oxygen atoms in total. The van der Waals surface area contributed by atoms with Gasteiger partial charge in [-0.05, 0) is 12.3 Å². The van der Waals surface area contributed by atoms with Crippen LogP contribution >= 0.6 is 12.6 Å². The summed E-state index contributed by atoms with van der Waals surface area (Å²) in [6.45, 7) is 2.57. The Morgan fingerprint density at radius 3 is 1.93 bits per heavy atom. The number of nitrogens with one attached hydrogen (secondary N) is 3. The molecule has 0 aliphatic rings. The topological polar surface area (TPSA) is 208 Å². The number of rotatable bonds is 14. The van der Waals surface area contributed by atoms with Crippen LogP contribution in [0, 0.1) is 5.92 Å². The van der Waals surface area contributed by atoms with Gasteiger partial charge in [0.2, 0.25) is 17.7 Å². The number of nitrogens with two attached hydrogens (primary N) is 1. The fraction of sp³-hybridized carbons (Fsp3) is 0.706. The first-order chi connectivity index (χ1) is 14.0. The zero-order valence-corrected chi connectivity index (χ0v) is 17.7. The Kier molecular flexibility index (Phi) is 12.7. The lowest BCUT2D eigenvalue weighted by Crippen LogP contribution is -2.59. The number of carbonyl (C=O) groups excluding carboxylic acids is 3. The highest BCUT2D eigenvalue weighted by Crippen LogP contribution is 2.08. The molecule has 0 aromatic rings. The van der Waals surface area contributed by atoms with Crippen LogP contribution in [0.2, 0.25) is 0 Å². The van der Waals surface area contributed by atoms with E-state index in [2.05, 4.69) is 28.6 Å². The summed E-state index contributed by atoms with van der Waals surface area (Å²) in [6, 6.07) is -5.05. The summed E-state index contributed by atoms with van der Waals surface area (Å²) >= 11 is 3.96. The predicted octanol–water partition coefficient (Wildman–Crippen LogP) is -2.31. The van der Waals surface area contributed by atoms with Gasteiger partial charge in [-0.1, -0.05) is 20.3 Å². The zero-order valence-electron chi connectivity index (χ0n) is 16.8. The van der Waals surface area contributed by atoms with Gasteiger partial charge in [0.05, 0.1) is 12.6 Å². The van der Waals surface area contributed by atoms with Crippen molar-refractivity contribution < 1.29 is 39.3 Å². The van der Waals surface area contributed by atoms with Crippen LogP contribution in [-0.4, -0.2) is 81.5 Å². The van der Waals surface area contributed by atoms with Gasteiger partial charge in [-0.15, -0.1) is 0 Å². The van der Waals surface area contributed by atoms with Crippen molar-refractivity contribution in [3.8, 4) is 0 Å². The van der Waals surface area contributed by atoms with E-state index in [-0.39, 0.29) is 18.6 Å². The highest BCUT2D eigenvalue weighted by molar-refractivity contribution is 7.80. The van der Waals surface area contributed by atoms with E-state index in [4.69, 9.17) is 10.8 Å². The van der Waals surface area contributed by atoms with Gasteiger partial charge in [-0.25, -0.2) is 4.79 Å². The minimum absolute atomic E-state index is 0.143. The van der Waals surface area contributed by atoms with Crippen LogP contribution in [0.3, 0.4) is 0 Å². The normalized spacial score (nSPS) is 15.8. The van der Waals surface area contributed by atoms with Crippen molar-refractivity contribution in [1.29, 1.82) is 0 Å². The average molecular weight is 451 g/mol. The number of thiol groups is 1. The molecule has 30 heavy (non-hydrogen) atoms. The number of aliphatic carboxylic acids is 2. The second kappa shape index (κ2) is 13.8. The Morgan fingerprint density at radius 1 is 0.967 bits per heavy atom. The second-order valence-corrected chi connectivity index (χ2v) is 7.10. The lowest BCUT2D eigenvalue weighted by Gasteiger charge is -2.25. The Morgan fingerprint density at radius 2 is 1.50 bits per heavy atom. The summed E-state index contributed by atoms with van der Waals surface area (Å²) in [7, 11) is 0. The molecule has 0 bridgehead atoms. The van der Waals surface area contributed by atoms with Gasteiger partial charge < -0.3 is 37.0 Å². The molecule has 5 unspecified atom stereocenters. The van der Waals surface area contributed by atoms with E-state index < -0.39 is 66.4 Å². The van der Waals surface area contributed by atoms with Crippen LogP contribution in [0.15, 0.2) is 0 Å². The first-order valence-corrected chi connectivity index (χ1v) is 9.94. The Balaban J connectivity index is 5.00. The van der Waals surface area contributed by atoms with Crippen molar-refractivity contribution in [1.82, 2.24) is 16.0 Å². The maximum Gasteiger partial charge on any atom is 0.326 e. The third-order valence-corrected chi connectivity index (χ3v) is 4.78. The fourth-order valence-corrected chi connectivity index (χ4v) is 2.54. The number of carbonyl (C=O) groups is 5. The quantitative estimate of drug-likeness (QED) is 0.133. The van der Waals surface area contributed by atoms with Crippen molar-refractivity contribution in [2.75, 3.05) is 12.4 Å². The molecule has 0 aromatic carbocycles.